The van der Waals surface area contributed by atoms with Gasteiger partial charge < -0.3 is 15.7 Å². The smallest absolute Gasteiger partial charge is 0.254 e. The predicted molar refractivity (Wildman–Crippen MR) is 76.6 cm³/mol. The SMILES string of the molecule is CC(C)n1cc(C(=O)NCC2(O)CCCNCC2)cn1. The van der Waals surface area contributed by atoms with Crippen LogP contribution < -0.4 is 10.6 Å². The van der Waals surface area contributed by atoms with Gasteiger partial charge in [0.05, 0.1) is 17.4 Å². The number of amides is 1. The summed E-state index contributed by atoms with van der Waals surface area (Å²) < 4.78 is 1.75. The third-order valence-electron chi connectivity index (χ3n) is 3.73. The maximum atomic E-state index is 12.1. The zero-order valence-electron chi connectivity index (χ0n) is 12.2. The second-order valence-electron chi connectivity index (χ2n) is 5.81. The third kappa shape index (κ3) is 3.80. The Morgan fingerprint density at radius 1 is 1.55 bits per heavy atom. The van der Waals surface area contributed by atoms with Crippen molar-refractivity contribution in [3.63, 3.8) is 0 Å². The molecule has 2 heterocycles. The Bertz CT molecular complexity index is 448. The number of hydrogen-bond donors (Lipinski definition) is 3. The Kier molecular flexibility index (Phi) is 4.77. The van der Waals surface area contributed by atoms with Crippen LogP contribution in [0.3, 0.4) is 0 Å². The topological polar surface area (TPSA) is 79.2 Å². The number of nitrogens with zero attached hydrogens (tertiary/aromatic N) is 2. The summed E-state index contributed by atoms with van der Waals surface area (Å²) >= 11 is 0. The molecule has 1 amide bonds. The first-order valence-corrected chi connectivity index (χ1v) is 7.26. The van der Waals surface area contributed by atoms with Gasteiger partial charge >= 0.3 is 0 Å². The fourth-order valence-electron chi connectivity index (χ4n) is 2.37. The zero-order valence-corrected chi connectivity index (χ0v) is 12.2. The molecule has 1 aliphatic rings. The summed E-state index contributed by atoms with van der Waals surface area (Å²) in [7, 11) is 0. The minimum Gasteiger partial charge on any atom is -0.388 e. The minimum atomic E-state index is -0.798. The Morgan fingerprint density at radius 3 is 3.05 bits per heavy atom. The normalized spacial score (nSPS) is 23.6. The molecule has 0 bridgehead atoms. The number of carbonyl (C=O) groups is 1. The van der Waals surface area contributed by atoms with Crippen LogP contribution in [0.4, 0.5) is 0 Å². The molecule has 1 aromatic heterocycles. The molecule has 1 aliphatic heterocycles. The molecule has 1 atom stereocenters. The predicted octanol–water partition coefficient (Wildman–Crippen LogP) is 0.698. The average molecular weight is 280 g/mol. The number of hydrogen-bond acceptors (Lipinski definition) is 4. The van der Waals surface area contributed by atoms with E-state index in [4.69, 9.17) is 0 Å². The van der Waals surface area contributed by atoms with Crippen LogP contribution in [0.5, 0.6) is 0 Å². The molecule has 1 unspecified atom stereocenters. The lowest BCUT2D eigenvalue weighted by Gasteiger charge is -2.26. The van der Waals surface area contributed by atoms with E-state index in [0.717, 1.165) is 19.5 Å². The van der Waals surface area contributed by atoms with Gasteiger partial charge in [-0.2, -0.15) is 5.10 Å². The highest BCUT2D eigenvalue weighted by Gasteiger charge is 2.28. The van der Waals surface area contributed by atoms with Crippen LogP contribution in [0, 0.1) is 0 Å². The molecule has 2 rings (SSSR count). The van der Waals surface area contributed by atoms with Gasteiger partial charge in [0, 0.05) is 18.8 Å². The summed E-state index contributed by atoms with van der Waals surface area (Å²) in [5, 5.41) is 20.7. The number of rotatable bonds is 4. The van der Waals surface area contributed by atoms with E-state index in [9.17, 15) is 9.90 Å². The van der Waals surface area contributed by atoms with Crippen molar-refractivity contribution >= 4 is 5.91 Å². The van der Waals surface area contributed by atoms with Gasteiger partial charge in [-0.15, -0.1) is 0 Å². The van der Waals surface area contributed by atoms with Gasteiger partial charge in [0.1, 0.15) is 0 Å². The first-order chi connectivity index (χ1) is 9.50. The molecular formula is C14H24N4O2. The zero-order chi connectivity index (χ0) is 14.6. The molecule has 112 valence electrons. The molecule has 1 aromatic rings. The van der Waals surface area contributed by atoms with E-state index in [2.05, 4.69) is 15.7 Å². The number of aliphatic hydroxyl groups is 1. The van der Waals surface area contributed by atoms with E-state index < -0.39 is 5.60 Å². The van der Waals surface area contributed by atoms with Gasteiger partial charge in [-0.05, 0) is 46.2 Å². The largest absolute Gasteiger partial charge is 0.388 e. The van der Waals surface area contributed by atoms with Crippen LogP contribution in [-0.2, 0) is 0 Å². The van der Waals surface area contributed by atoms with Crippen molar-refractivity contribution in [1.29, 1.82) is 0 Å². The van der Waals surface area contributed by atoms with Gasteiger partial charge in [-0.25, -0.2) is 0 Å². The summed E-state index contributed by atoms with van der Waals surface area (Å²) in [6.45, 7) is 6.03. The van der Waals surface area contributed by atoms with Gasteiger partial charge in [0.15, 0.2) is 0 Å². The Labute approximate surface area is 119 Å². The number of aromatic nitrogens is 2. The van der Waals surface area contributed by atoms with Crippen molar-refractivity contribution < 1.29 is 9.90 Å². The van der Waals surface area contributed by atoms with Crippen molar-refractivity contribution in [1.82, 2.24) is 20.4 Å². The molecule has 3 N–H and O–H groups in total. The van der Waals surface area contributed by atoms with Crippen LogP contribution in [-0.4, -0.2) is 46.0 Å². The maximum absolute atomic E-state index is 12.1. The molecule has 0 spiro atoms. The van der Waals surface area contributed by atoms with Crippen molar-refractivity contribution in [3.8, 4) is 0 Å². The lowest BCUT2D eigenvalue weighted by atomic mass is 9.95. The van der Waals surface area contributed by atoms with E-state index in [1.165, 1.54) is 0 Å². The molecule has 1 fully saturated rings. The third-order valence-corrected chi connectivity index (χ3v) is 3.73. The Balaban J connectivity index is 1.90. The monoisotopic (exact) mass is 280 g/mol. The molecular weight excluding hydrogens is 256 g/mol. The lowest BCUT2D eigenvalue weighted by molar-refractivity contribution is 0.0276. The van der Waals surface area contributed by atoms with Crippen LogP contribution in [0.1, 0.15) is 49.5 Å². The van der Waals surface area contributed by atoms with Crippen LogP contribution >= 0.6 is 0 Å². The second kappa shape index (κ2) is 6.37. The van der Waals surface area contributed by atoms with E-state index in [-0.39, 0.29) is 11.9 Å². The standard InChI is InChI=1S/C14H24N4O2/c1-11(2)18-9-12(8-17-18)13(19)16-10-14(20)4-3-6-15-7-5-14/h8-9,11,15,20H,3-7,10H2,1-2H3,(H,16,19). The van der Waals surface area contributed by atoms with E-state index in [1.807, 2.05) is 13.8 Å². The first-order valence-electron chi connectivity index (χ1n) is 7.26. The number of nitrogens with one attached hydrogen (secondary N) is 2. The van der Waals surface area contributed by atoms with Gasteiger partial charge in [-0.3, -0.25) is 9.48 Å². The molecule has 0 radical (unpaired) electrons. The minimum absolute atomic E-state index is 0.178. The fourth-order valence-corrected chi connectivity index (χ4v) is 2.37. The highest BCUT2D eigenvalue weighted by Crippen LogP contribution is 2.18. The molecule has 1 saturated heterocycles. The van der Waals surface area contributed by atoms with E-state index in [1.54, 1.807) is 17.1 Å². The van der Waals surface area contributed by atoms with Crippen molar-refractivity contribution in [2.45, 2.75) is 44.8 Å². The van der Waals surface area contributed by atoms with Crippen LogP contribution in [0.25, 0.3) is 0 Å². The van der Waals surface area contributed by atoms with E-state index >= 15 is 0 Å². The molecule has 6 nitrogen and oxygen atoms in total. The maximum Gasteiger partial charge on any atom is 0.254 e. The van der Waals surface area contributed by atoms with Crippen molar-refractivity contribution in [3.05, 3.63) is 18.0 Å². The quantitative estimate of drug-likeness (QED) is 0.758. The Morgan fingerprint density at radius 2 is 2.35 bits per heavy atom. The van der Waals surface area contributed by atoms with Gasteiger partial charge in [0.2, 0.25) is 0 Å². The summed E-state index contributed by atoms with van der Waals surface area (Å²) in [6.07, 6.45) is 5.61. The highest BCUT2D eigenvalue weighted by molar-refractivity contribution is 5.93. The van der Waals surface area contributed by atoms with Gasteiger partial charge in [-0.1, -0.05) is 0 Å². The molecule has 0 saturated carbocycles. The van der Waals surface area contributed by atoms with Crippen LogP contribution in [0.15, 0.2) is 12.4 Å². The first kappa shape index (κ1) is 15.0. The van der Waals surface area contributed by atoms with E-state index in [0.29, 0.717) is 24.9 Å². The molecule has 0 aliphatic carbocycles. The molecule has 6 heteroatoms. The van der Waals surface area contributed by atoms with Crippen LogP contribution in [0.2, 0.25) is 0 Å². The molecule has 20 heavy (non-hydrogen) atoms. The summed E-state index contributed by atoms with van der Waals surface area (Å²) in [5.74, 6) is -0.178. The number of carbonyl (C=O) groups excluding carboxylic acids is 1. The lowest BCUT2D eigenvalue weighted by Crippen LogP contribution is -2.43. The highest BCUT2D eigenvalue weighted by atomic mass is 16.3. The summed E-state index contributed by atoms with van der Waals surface area (Å²) in [4.78, 5) is 12.1. The average Bonchev–Trinajstić information content (AvgIpc) is 2.81. The van der Waals surface area contributed by atoms with Crippen molar-refractivity contribution in [2.24, 2.45) is 0 Å². The second-order valence-corrected chi connectivity index (χ2v) is 5.81. The van der Waals surface area contributed by atoms with Gasteiger partial charge in [0.25, 0.3) is 5.91 Å². The summed E-state index contributed by atoms with van der Waals surface area (Å²) in [5.41, 5.74) is -0.262. The Hall–Kier alpha value is -1.40. The van der Waals surface area contributed by atoms with Crippen molar-refractivity contribution in [2.75, 3.05) is 19.6 Å². The fraction of sp³-hybridized carbons (Fsp3) is 0.714. The molecule has 0 aromatic carbocycles. The summed E-state index contributed by atoms with van der Waals surface area (Å²) in [6, 6.07) is 0.230.